The third-order valence-corrected chi connectivity index (χ3v) is 5.98. The van der Waals surface area contributed by atoms with Crippen LogP contribution < -0.4 is 0 Å². The monoisotopic (exact) mass is 417 g/mol. The number of rotatable bonds is 5. The second-order valence-corrected chi connectivity index (χ2v) is 8.15. The molecule has 2 aromatic carbocycles. The van der Waals surface area contributed by atoms with Crippen molar-refractivity contribution in [2.45, 2.75) is 31.9 Å². The van der Waals surface area contributed by atoms with Gasteiger partial charge < -0.3 is 19.2 Å². The van der Waals surface area contributed by atoms with Crippen LogP contribution in [-0.4, -0.2) is 41.0 Å². The molecule has 0 radical (unpaired) electrons. The lowest BCUT2D eigenvalue weighted by molar-refractivity contribution is -0.131. The largest absolute Gasteiger partial charge is 0.503 e. The summed E-state index contributed by atoms with van der Waals surface area (Å²) in [6.45, 7) is 2.93. The Hall–Kier alpha value is -3.38. The van der Waals surface area contributed by atoms with Crippen LogP contribution in [0, 0.1) is 6.92 Å². The van der Waals surface area contributed by atoms with Crippen LogP contribution in [0.3, 0.4) is 0 Å². The van der Waals surface area contributed by atoms with Gasteiger partial charge in [0.2, 0.25) is 5.78 Å². The maximum Gasteiger partial charge on any atom is 0.290 e. The maximum atomic E-state index is 13.5. The van der Waals surface area contributed by atoms with Crippen LogP contribution in [-0.2, 0) is 9.53 Å². The molecule has 0 spiro atoms. The molecule has 1 saturated heterocycles. The number of benzene rings is 2. The summed E-state index contributed by atoms with van der Waals surface area (Å²) in [6.07, 6.45) is 1.67. The quantitative estimate of drug-likeness (QED) is 0.619. The van der Waals surface area contributed by atoms with Crippen molar-refractivity contribution >= 4 is 22.7 Å². The molecular formula is C25H23NO5. The molecule has 0 aliphatic carbocycles. The van der Waals surface area contributed by atoms with Gasteiger partial charge in [0.05, 0.1) is 17.7 Å². The zero-order chi connectivity index (χ0) is 21.5. The smallest absolute Gasteiger partial charge is 0.290 e. The van der Waals surface area contributed by atoms with E-state index in [1.54, 1.807) is 17.0 Å². The number of amides is 1. The number of carbonyl (C=O) groups excluding carboxylic acids is 2. The lowest BCUT2D eigenvalue weighted by Crippen LogP contribution is -2.37. The van der Waals surface area contributed by atoms with E-state index in [4.69, 9.17) is 9.15 Å². The van der Waals surface area contributed by atoms with Gasteiger partial charge in [0.1, 0.15) is 5.58 Å². The van der Waals surface area contributed by atoms with Gasteiger partial charge in [0.15, 0.2) is 11.5 Å². The van der Waals surface area contributed by atoms with Gasteiger partial charge in [-0.25, -0.2) is 0 Å². The Morgan fingerprint density at radius 2 is 2.00 bits per heavy atom. The van der Waals surface area contributed by atoms with Crippen LogP contribution >= 0.6 is 0 Å². The molecular weight excluding hydrogens is 394 g/mol. The summed E-state index contributed by atoms with van der Waals surface area (Å²) < 4.78 is 11.5. The minimum absolute atomic E-state index is 0.0488. The van der Waals surface area contributed by atoms with Gasteiger partial charge in [-0.1, -0.05) is 48.0 Å². The fraction of sp³-hybridized carbons (Fsp3) is 0.280. The molecule has 1 amide bonds. The molecule has 2 unspecified atom stereocenters. The van der Waals surface area contributed by atoms with E-state index in [0.29, 0.717) is 18.7 Å². The number of Topliss-reactive ketones (excluding diaryl/α,β-unsaturated/α-hetero) is 1. The molecule has 1 aromatic heterocycles. The molecule has 1 fully saturated rings. The standard InChI is InChI=1S/C25H23NO5/c1-15-6-4-8-17(12-15)22-21(23(27)20-13-16-7-2-3-10-19(16)31-20)24(28)25(29)26(22)14-18-9-5-11-30-18/h2-4,6-8,10,12-13,18,22,28H,5,9,11,14H2,1H3. The molecule has 0 saturated carbocycles. The fourth-order valence-electron chi connectivity index (χ4n) is 4.49. The average Bonchev–Trinajstić information content (AvgIpc) is 3.48. The second-order valence-electron chi connectivity index (χ2n) is 8.15. The van der Waals surface area contributed by atoms with Crippen molar-refractivity contribution in [3.05, 3.63) is 82.8 Å². The zero-order valence-electron chi connectivity index (χ0n) is 17.2. The highest BCUT2D eigenvalue weighted by molar-refractivity contribution is 6.16. The second kappa shape index (κ2) is 7.71. The van der Waals surface area contributed by atoms with Crippen molar-refractivity contribution in [1.29, 1.82) is 0 Å². The van der Waals surface area contributed by atoms with E-state index in [2.05, 4.69) is 0 Å². The minimum Gasteiger partial charge on any atom is -0.503 e. The molecule has 3 heterocycles. The van der Waals surface area contributed by atoms with Gasteiger partial charge in [0.25, 0.3) is 5.91 Å². The van der Waals surface area contributed by atoms with E-state index in [1.165, 1.54) is 0 Å². The zero-order valence-corrected chi connectivity index (χ0v) is 17.2. The van der Waals surface area contributed by atoms with Crippen molar-refractivity contribution in [2.75, 3.05) is 13.2 Å². The first-order valence-corrected chi connectivity index (χ1v) is 10.5. The summed E-state index contributed by atoms with van der Waals surface area (Å²) in [5, 5.41) is 11.6. The van der Waals surface area contributed by atoms with Gasteiger partial charge in [0, 0.05) is 18.5 Å². The molecule has 6 heteroatoms. The normalized spacial score (nSPS) is 21.5. The van der Waals surface area contributed by atoms with Crippen molar-refractivity contribution in [3.8, 4) is 0 Å². The van der Waals surface area contributed by atoms with Gasteiger partial charge in [-0.15, -0.1) is 0 Å². The molecule has 1 N–H and O–H groups in total. The Morgan fingerprint density at radius 1 is 1.16 bits per heavy atom. The number of aryl methyl sites for hydroxylation is 1. The summed E-state index contributed by atoms with van der Waals surface area (Å²) in [7, 11) is 0. The predicted octanol–water partition coefficient (Wildman–Crippen LogP) is 4.50. The van der Waals surface area contributed by atoms with E-state index >= 15 is 0 Å². The topological polar surface area (TPSA) is 80.0 Å². The molecule has 3 aromatic rings. The summed E-state index contributed by atoms with van der Waals surface area (Å²) in [5.41, 5.74) is 2.41. The first-order chi connectivity index (χ1) is 15.0. The van der Waals surface area contributed by atoms with Crippen LogP contribution in [0.4, 0.5) is 0 Å². The number of aliphatic hydroxyl groups excluding tert-OH is 1. The number of furan rings is 1. The minimum atomic E-state index is -0.697. The number of ether oxygens (including phenoxy) is 1. The SMILES string of the molecule is Cc1cccc(C2C(C(=O)c3cc4ccccc4o3)=C(O)C(=O)N2CC2CCCO2)c1. The van der Waals surface area contributed by atoms with E-state index in [0.717, 1.165) is 29.4 Å². The molecule has 0 bridgehead atoms. The molecule has 2 aliphatic heterocycles. The third-order valence-electron chi connectivity index (χ3n) is 5.98. The lowest BCUT2D eigenvalue weighted by atomic mass is 9.94. The third kappa shape index (κ3) is 3.43. The van der Waals surface area contributed by atoms with Gasteiger partial charge in [-0.3, -0.25) is 9.59 Å². The molecule has 2 aliphatic rings. The number of hydrogen-bond acceptors (Lipinski definition) is 5. The van der Waals surface area contributed by atoms with E-state index < -0.39 is 23.5 Å². The molecule has 158 valence electrons. The van der Waals surface area contributed by atoms with Gasteiger partial charge in [-0.05, 0) is 37.5 Å². The lowest BCUT2D eigenvalue weighted by Gasteiger charge is -2.29. The number of fused-ring (bicyclic) bond motifs is 1. The number of aliphatic hydroxyl groups is 1. The Kier molecular flexibility index (Phi) is 4.87. The number of para-hydroxylation sites is 1. The summed E-state index contributed by atoms with van der Waals surface area (Å²) >= 11 is 0. The summed E-state index contributed by atoms with van der Waals surface area (Å²) in [5.74, 6) is -1.45. The van der Waals surface area contributed by atoms with Crippen molar-refractivity contribution < 1.29 is 23.8 Å². The van der Waals surface area contributed by atoms with Crippen LogP contribution in [0.25, 0.3) is 11.0 Å². The van der Waals surface area contributed by atoms with E-state index in [-0.39, 0.29) is 17.4 Å². The van der Waals surface area contributed by atoms with Crippen molar-refractivity contribution in [1.82, 2.24) is 4.90 Å². The summed E-state index contributed by atoms with van der Waals surface area (Å²) in [4.78, 5) is 28.1. The van der Waals surface area contributed by atoms with Crippen LogP contribution in [0.15, 0.2) is 70.3 Å². The number of ketones is 1. The Labute approximate surface area is 179 Å². The summed E-state index contributed by atoms with van der Waals surface area (Å²) in [6, 6.07) is 15.9. The van der Waals surface area contributed by atoms with Gasteiger partial charge in [-0.2, -0.15) is 0 Å². The number of carbonyl (C=O) groups is 2. The fourth-order valence-corrected chi connectivity index (χ4v) is 4.49. The first kappa shape index (κ1) is 19.6. The number of hydrogen-bond donors (Lipinski definition) is 1. The van der Waals surface area contributed by atoms with E-state index in [1.807, 2.05) is 49.4 Å². The predicted molar refractivity (Wildman–Crippen MR) is 115 cm³/mol. The highest BCUT2D eigenvalue weighted by atomic mass is 16.5. The Bertz CT molecular complexity index is 1170. The van der Waals surface area contributed by atoms with Crippen molar-refractivity contribution in [2.24, 2.45) is 0 Å². The first-order valence-electron chi connectivity index (χ1n) is 10.5. The van der Waals surface area contributed by atoms with Gasteiger partial charge >= 0.3 is 0 Å². The average molecular weight is 417 g/mol. The Balaban J connectivity index is 1.58. The highest BCUT2D eigenvalue weighted by Crippen LogP contribution is 2.40. The Morgan fingerprint density at radius 3 is 2.74 bits per heavy atom. The van der Waals surface area contributed by atoms with Crippen LogP contribution in [0.5, 0.6) is 0 Å². The maximum absolute atomic E-state index is 13.5. The molecule has 2 atom stereocenters. The molecule has 31 heavy (non-hydrogen) atoms. The van der Waals surface area contributed by atoms with Crippen LogP contribution in [0.1, 0.15) is 40.6 Å². The van der Waals surface area contributed by atoms with Crippen molar-refractivity contribution in [3.63, 3.8) is 0 Å². The number of nitrogens with zero attached hydrogens (tertiary/aromatic N) is 1. The molecule has 5 rings (SSSR count). The van der Waals surface area contributed by atoms with Crippen LogP contribution in [0.2, 0.25) is 0 Å². The molecule has 6 nitrogen and oxygen atoms in total. The highest BCUT2D eigenvalue weighted by Gasteiger charge is 2.45. The van der Waals surface area contributed by atoms with E-state index in [9.17, 15) is 14.7 Å².